The van der Waals surface area contributed by atoms with Crippen molar-refractivity contribution in [2.75, 3.05) is 12.3 Å². The summed E-state index contributed by atoms with van der Waals surface area (Å²) in [6, 6.07) is 0. The molecule has 0 aromatic heterocycles. The zero-order valence-corrected chi connectivity index (χ0v) is 9.07. The van der Waals surface area contributed by atoms with Crippen molar-refractivity contribution in [2.24, 2.45) is 5.73 Å². The fourth-order valence-corrected chi connectivity index (χ4v) is 1.30. The third-order valence-corrected chi connectivity index (χ3v) is 3.27. The molecule has 3 N–H and O–H groups in total. The van der Waals surface area contributed by atoms with Crippen molar-refractivity contribution in [1.82, 2.24) is 4.72 Å². The maximum atomic E-state index is 12.2. The molecule has 1 atom stereocenters. The van der Waals surface area contributed by atoms with Gasteiger partial charge in [-0.15, -0.1) is 0 Å². The zero-order chi connectivity index (χ0) is 11.4. The second-order valence-corrected chi connectivity index (χ2v) is 5.45. The number of nitrogens with one attached hydrogen (secondary N) is 1. The Kier molecular flexibility index (Phi) is 4.90. The van der Waals surface area contributed by atoms with Gasteiger partial charge in [-0.05, 0) is 20.3 Å². The van der Waals surface area contributed by atoms with Gasteiger partial charge in [-0.3, -0.25) is 0 Å². The van der Waals surface area contributed by atoms with Gasteiger partial charge in [-0.1, -0.05) is 0 Å². The van der Waals surface area contributed by atoms with E-state index in [0.29, 0.717) is 0 Å². The minimum absolute atomic E-state index is 0.0620. The van der Waals surface area contributed by atoms with Gasteiger partial charge < -0.3 is 5.73 Å². The van der Waals surface area contributed by atoms with Crippen LogP contribution in [0.5, 0.6) is 0 Å². The molecule has 0 saturated carbocycles. The lowest BCUT2D eigenvalue weighted by atomic mass is 10.0. The molecule has 0 saturated heterocycles. The summed E-state index contributed by atoms with van der Waals surface area (Å²) in [5.74, 6) is -0.0665. The van der Waals surface area contributed by atoms with Crippen LogP contribution in [-0.2, 0) is 10.0 Å². The summed E-state index contributed by atoms with van der Waals surface area (Å²) < 4.78 is 48.4. The number of sulfonamides is 1. The molecule has 0 amide bonds. The standard InChI is InChI=1S/C7H16F2N2O2S/c1-3-14(12,13)11-5-4-7(2,10)6(8)9/h6,11H,3-5,10H2,1-2H3. The largest absolute Gasteiger partial charge is 0.321 e. The molecule has 0 fully saturated rings. The van der Waals surface area contributed by atoms with Gasteiger partial charge >= 0.3 is 0 Å². The first kappa shape index (κ1) is 13.7. The minimum Gasteiger partial charge on any atom is -0.321 e. The number of halogens is 2. The van der Waals surface area contributed by atoms with Crippen LogP contribution < -0.4 is 10.5 Å². The highest BCUT2D eigenvalue weighted by Gasteiger charge is 2.29. The summed E-state index contributed by atoms with van der Waals surface area (Å²) in [4.78, 5) is 0. The third-order valence-electron chi connectivity index (χ3n) is 1.86. The molecule has 0 aliphatic heterocycles. The average molecular weight is 230 g/mol. The van der Waals surface area contributed by atoms with Crippen LogP contribution in [0, 0.1) is 0 Å². The smallest absolute Gasteiger partial charge is 0.256 e. The molecule has 0 heterocycles. The fourth-order valence-electron chi connectivity index (χ4n) is 0.687. The topological polar surface area (TPSA) is 72.2 Å². The molecule has 0 aliphatic rings. The highest BCUT2D eigenvalue weighted by molar-refractivity contribution is 7.89. The van der Waals surface area contributed by atoms with Crippen LogP contribution in [0.25, 0.3) is 0 Å². The second kappa shape index (κ2) is 4.99. The Bertz CT molecular complexity index is 265. The molecule has 0 spiro atoms. The first-order valence-corrected chi connectivity index (χ1v) is 5.91. The van der Waals surface area contributed by atoms with Gasteiger partial charge in [0.25, 0.3) is 6.43 Å². The van der Waals surface area contributed by atoms with Crippen molar-refractivity contribution in [3.05, 3.63) is 0 Å². The summed E-state index contributed by atoms with van der Waals surface area (Å²) in [5, 5.41) is 0. The second-order valence-electron chi connectivity index (χ2n) is 3.35. The number of nitrogens with two attached hydrogens (primary N) is 1. The van der Waals surface area contributed by atoms with E-state index in [9.17, 15) is 17.2 Å². The molecule has 0 aromatic carbocycles. The highest BCUT2D eigenvalue weighted by Crippen LogP contribution is 2.15. The normalized spacial score (nSPS) is 17.0. The maximum absolute atomic E-state index is 12.2. The first-order valence-electron chi connectivity index (χ1n) is 4.25. The van der Waals surface area contributed by atoms with Crippen molar-refractivity contribution in [3.63, 3.8) is 0 Å². The SMILES string of the molecule is CCS(=O)(=O)NCCC(C)(N)C(F)F. The maximum Gasteiger partial charge on any atom is 0.256 e. The molecule has 0 rings (SSSR count). The van der Waals surface area contributed by atoms with Crippen molar-refractivity contribution in [1.29, 1.82) is 0 Å². The third kappa shape index (κ3) is 4.83. The van der Waals surface area contributed by atoms with E-state index < -0.39 is 22.0 Å². The Morgan fingerprint density at radius 3 is 2.36 bits per heavy atom. The van der Waals surface area contributed by atoms with Gasteiger partial charge in [0.1, 0.15) is 0 Å². The van der Waals surface area contributed by atoms with Gasteiger partial charge in [0.15, 0.2) is 0 Å². The number of alkyl halides is 2. The number of hydrogen-bond acceptors (Lipinski definition) is 3. The predicted octanol–water partition coefficient (Wildman–Crippen LogP) is 0.298. The van der Waals surface area contributed by atoms with E-state index in [4.69, 9.17) is 5.73 Å². The molecular formula is C7H16F2N2O2S. The van der Waals surface area contributed by atoms with Crippen LogP contribution in [0.4, 0.5) is 8.78 Å². The minimum atomic E-state index is -3.32. The van der Waals surface area contributed by atoms with Crippen LogP contribution in [-0.4, -0.2) is 32.7 Å². The van der Waals surface area contributed by atoms with Crippen LogP contribution in [0.1, 0.15) is 20.3 Å². The van der Waals surface area contributed by atoms with Crippen molar-refractivity contribution < 1.29 is 17.2 Å². The van der Waals surface area contributed by atoms with Gasteiger partial charge in [-0.25, -0.2) is 21.9 Å². The van der Waals surface area contributed by atoms with E-state index >= 15 is 0 Å². The molecule has 7 heteroatoms. The Morgan fingerprint density at radius 2 is 2.00 bits per heavy atom. The Balaban J connectivity index is 3.98. The van der Waals surface area contributed by atoms with E-state index in [1.807, 2.05) is 0 Å². The van der Waals surface area contributed by atoms with E-state index in [-0.39, 0.29) is 18.7 Å². The lowest BCUT2D eigenvalue weighted by molar-refractivity contribution is 0.0598. The van der Waals surface area contributed by atoms with Crippen LogP contribution >= 0.6 is 0 Å². The van der Waals surface area contributed by atoms with E-state index in [2.05, 4.69) is 4.72 Å². The molecule has 0 aliphatic carbocycles. The summed E-state index contributed by atoms with van der Waals surface area (Å²) in [5.41, 5.74) is 3.60. The fraction of sp³-hybridized carbons (Fsp3) is 1.00. The molecule has 4 nitrogen and oxygen atoms in total. The van der Waals surface area contributed by atoms with Crippen molar-refractivity contribution in [2.45, 2.75) is 32.2 Å². The number of hydrogen-bond donors (Lipinski definition) is 2. The lowest BCUT2D eigenvalue weighted by Gasteiger charge is -2.23. The van der Waals surface area contributed by atoms with E-state index in [1.54, 1.807) is 0 Å². The summed E-state index contributed by atoms with van der Waals surface area (Å²) >= 11 is 0. The first-order chi connectivity index (χ1) is 6.21. The molecular weight excluding hydrogens is 214 g/mol. The quantitative estimate of drug-likeness (QED) is 0.689. The van der Waals surface area contributed by atoms with E-state index in [1.165, 1.54) is 13.8 Å². The van der Waals surface area contributed by atoms with Gasteiger partial charge in [-0.2, -0.15) is 0 Å². The molecule has 0 aromatic rings. The summed E-state index contributed by atoms with van der Waals surface area (Å²) in [6.45, 7) is 2.60. The lowest BCUT2D eigenvalue weighted by Crippen LogP contribution is -2.46. The van der Waals surface area contributed by atoms with Crippen molar-refractivity contribution in [3.8, 4) is 0 Å². The van der Waals surface area contributed by atoms with Crippen molar-refractivity contribution >= 4 is 10.0 Å². The van der Waals surface area contributed by atoms with Gasteiger partial charge in [0.2, 0.25) is 10.0 Å². The van der Waals surface area contributed by atoms with Crippen LogP contribution in [0.3, 0.4) is 0 Å². The number of rotatable bonds is 6. The molecule has 14 heavy (non-hydrogen) atoms. The molecule has 1 unspecified atom stereocenters. The Hall–Kier alpha value is -0.270. The zero-order valence-electron chi connectivity index (χ0n) is 8.26. The Morgan fingerprint density at radius 1 is 1.50 bits per heavy atom. The van der Waals surface area contributed by atoms with E-state index in [0.717, 1.165) is 0 Å². The monoisotopic (exact) mass is 230 g/mol. The van der Waals surface area contributed by atoms with Crippen LogP contribution in [0.2, 0.25) is 0 Å². The Labute approximate surface area is 82.9 Å². The summed E-state index contributed by atoms with van der Waals surface area (Å²) in [7, 11) is -3.32. The summed E-state index contributed by atoms with van der Waals surface area (Å²) in [6.07, 6.45) is -2.75. The van der Waals surface area contributed by atoms with Gasteiger partial charge in [0, 0.05) is 6.54 Å². The predicted molar refractivity (Wildman–Crippen MR) is 50.7 cm³/mol. The highest BCUT2D eigenvalue weighted by atomic mass is 32.2. The molecule has 0 radical (unpaired) electrons. The van der Waals surface area contributed by atoms with Gasteiger partial charge in [0.05, 0.1) is 11.3 Å². The molecule has 86 valence electrons. The average Bonchev–Trinajstić information content (AvgIpc) is 2.03. The molecule has 0 bridgehead atoms. The van der Waals surface area contributed by atoms with Crippen LogP contribution in [0.15, 0.2) is 0 Å².